The minimum Gasteiger partial charge on any atom is -0.454 e. The molecule has 144 valence electrons. The normalized spacial score (nSPS) is 17.1. The summed E-state index contributed by atoms with van der Waals surface area (Å²) in [6.45, 7) is 7.29. The van der Waals surface area contributed by atoms with Gasteiger partial charge in [-0.1, -0.05) is 6.07 Å². The molecule has 1 saturated heterocycles. The summed E-state index contributed by atoms with van der Waals surface area (Å²) in [6.07, 6.45) is 0.579. The summed E-state index contributed by atoms with van der Waals surface area (Å²) in [5.74, 6) is 1.91. The van der Waals surface area contributed by atoms with Gasteiger partial charge in [-0.25, -0.2) is 0 Å². The van der Waals surface area contributed by atoms with Crippen LogP contribution in [0.3, 0.4) is 0 Å². The molecule has 0 radical (unpaired) electrons. The van der Waals surface area contributed by atoms with E-state index in [2.05, 4.69) is 41.3 Å². The molecule has 2 aliphatic heterocycles. The Hall–Kier alpha value is -1.83. The number of hydrogen-bond donors (Lipinski definition) is 1. The average molecular weight is 362 g/mol. The molecule has 0 atom stereocenters. The highest BCUT2D eigenvalue weighted by atomic mass is 16.7. The summed E-state index contributed by atoms with van der Waals surface area (Å²) in [6, 6.07) is 6.12. The van der Waals surface area contributed by atoms with Gasteiger partial charge in [-0.2, -0.15) is 0 Å². The highest BCUT2D eigenvalue weighted by Gasteiger charge is 2.21. The van der Waals surface area contributed by atoms with Gasteiger partial charge in [-0.15, -0.1) is 0 Å². The summed E-state index contributed by atoms with van der Waals surface area (Å²) < 4.78 is 10.8. The molecule has 7 nitrogen and oxygen atoms in total. The molecule has 1 amide bonds. The minimum absolute atomic E-state index is 0.255. The zero-order chi connectivity index (χ0) is 18.4. The fourth-order valence-electron chi connectivity index (χ4n) is 3.23. The average Bonchev–Trinajstić information content (AvgIpc) is 3.09. The van der Waals surface area contributed by atoms with Crippen LogP contribution in [0, 0.1) is 0 Å². The molecule has 26 heavy (non-hydrogen) atoms. The summed E-state index contributed by atoms with van der Waals surface area (Å²) in [4.78, 5) is 18.8. The smallest absolute Gasteiger partial charge is 0.231 e. The number of carbonyl (C=O) groups is 1. The van der Waals surface area contributed by atoms with E-state index in [1.807, 2.05) is 11.0 Å². The molecule has 0 spiro atoms. The van der Waals surface area contributed by atoms with Gasteiger partial charge in [0.15, 0.2) is 11.5 Å². The van der Waals surface area contributed by atoms with Crippen LogP contribution in [0.5, 0.6) is 11.5 Å². The quantitative estimate of drug-likeness (QED) is 0.684. The van der Waals surface area contributed by atoms with Crippen molar-refractivity contribution in [1.29, 1.82) is 0 Å². The largest absolute Gasteiger partial charge is 0.454 e. The molecule has 1 fully saturated rings. The van der Waals surface area contributed by atoms with E-state index in [0.29, 0.717) is 13.2 Å². The van der Waals surface area contributed by atoms with Crippen molar-refractivity contribution in [3.8, 4) is 11.5 Å². The van der Waals surface area contributed by atoms with E-state index in [9.17, 15) is 4.79 Å². The zero-order valence-corrected chi connectivity index (χ0v) is 15.9. The van der Waals surface area contributed by atoms with Gasteiger partial charge in [0.1, 0.15) is 0 Å². The first-order valence-corrected chi connectivity index (χ1v) is 9.36. The van der Waals surface area contributed by atoms with Crippen molar-refractivity contribution in [2.75, 3.05) is 66.7 Å². The molecule has 0 aromatic heterocycles. The maximum absolute atomic E-state index is 12.3. The Labute approximate surface area is 155 Å². The number of nitrogens with zero attached hydrogens (tertiary/aromatic N) is 3. The highest BCUT2D eigenvalue weighted by Crippen LogP contribution is 2.32. The number of piperazine rings is 1. The molecule has 1 N–H and O–H groups in total. The minimum atomic E-state index is 0.255. The number of ether oxygens (including phenoxy) is 2. The fraction of sp³-hybridized carbons (Fsp3) is 0.632. The first kappa shape index (κ1) is 18.9. The number of likely N-dealkylation sites (N-methyl/N-ethyl adjacent to an activating group) is 1. The van der Waals surface area contributed by atoms with E-state index in [4.69, 9.17) is 9.47 Å². The van der Waals surface area contributed by atoms with E-state index in [-0.39, 0.29) is 5.91 Å². The Bertz CT molecular complexity index is 600. The standard InChI is InChI=1S/C19H30N4O3/c1-21(2)8-7-20-6-5-19(24)23-11-9-22(10-12-23)14-16-3-4-17-18(13-16)26-15-25-17/h3-4,13,20H,5-12,14-15H2,1-2H3. The van der Waals surface area contributed by atoms with Crippen molar-refractivity contribution in [3.63, 3.8) is 0 Å². The van der Waals surface area contributed by atoms with Crippen LogP contribution in [0.2, 0.25) is 0 Å². The van der Waals surface area contributed by atoms with Crippen LogP contribution in [0.1, 0.15) is 12.0 Å². The number of nitrogens with one attached hydrogen (secondary N) is 1. The molecular weight excluding hydrogens is 332 g/mol. The lowest BCUT2D eigenvalue weighted by molar-refractivity contribution is -0.132. The predicted octanol–water partition coefficient (Wildman–Crippen LogP) is 0.601. The molecule has 1 aromatic rings. The SMILES string of the molecule is CN(C)CCNCCC(=O)N1CCN(Cc2ccc3c(c2)OCO3)CC1. The van der Waals surface area contributed by atoms with Crippen molar-refractivity contribution in [2.45, 2.75) is 13.0 Å². The Morgan fingerprint density at radius 2 is 1.88 bits per heavy atom. The first-order chi connectivity index (χ1) is 12.6. The molecule has 3 rings (SSSR count). The molecule has 0 bridgehead atoms. The Balaban J connectivity index is 1.35. The third-order valence-electron chi connectivity index (χ3n) is 4.82. The van der Waals surface area contributed by atoms with Crippen molar-refractivity contribution in [3.05, 3.63) is 23.8 Å². The molecular formula is C19H30N4O3. The Morgan fingerprint density at radius 1 is 1.12 bits per heavy atom. The molecule has 0 unspecified atom stereocenters. The van der Waals surface area contributed by atoms with Gasteiger partial charge >= 0.3 is 0 Å². The van der Waals surface area contributed by atoms with Gasteiger partial charge < -0.3 is 24.6 Å². The second-order valence-electron chi connectivity index (χ2n) is 7.15. The van der Waals surface area contributed by atoms with Crippen molar-refractivity contribution < 1.29 is 14.3 Å². The summed E-state index contributed by atoms with van der Waals surface area (Å²) in [7, 11) is 4.10. The third kappa shape index (κ3) is 5.33. The van der Waals surface area contributed by atoms with E-state index in [1.54, 1.807) is 0 Å². The van der Waals surface area contributed by atoms with Gasteiger partial charge in [0.2, 0.25) is 12.7 Å². The number of hydrogen-bond acceptors (Lipinski definition) is 6. The fourth-order valence-corrected chi connectivity index (χ4v) is 3.23. The van der Waals surface area contributed by atoms with Crippen LogP contribution >= 0.6 is 0 Å². The number of carbonyl (C=O) groups excluding carboxylic acids is 1. The number of rotatable bonds is 8. The molecule has 7 heteroatoms. The lowest BCUT2D eigenvalue weighted by atomic mass is 10.1. The van der Waals surface area contributed by atoms with E-state index < -0.39 is 0 Å². The van der Waals surface area contributed by atoms with Crippen LogP contribution in [0.4, 0.5) is 0 Å². The number of benzene rings is 1. The second kappa shape index (κ2) is 9.21. The summed E-state index contributed by atoms with van der Waals surface area (Å²) in [5.41, 5.74) is 1.22. The monoisotopic (exact) mass is 362 g/mol. The second-order valence-corrected chi connectivity index (χ2v) is 7.15. The lowest BCUT2D eigenvalue weighted by Gasteiger charge is -2.35. The number of fused-ring (bicyclic) bond motifs is 1. The molecule has 0 saturated carbocycles. The lowest BCUT2D eigenvalue weighted by Crippen LogP contribution is -2.48. The predicted molar refractivity (Wildman–Crippen MR) is 100 cm³/mol. The van der Waals surface area contributed by atoms with Gasteiger partial charge in [0.25, 0.3) is 0 Å². The van der Waals surface area contributed by atoms with E-state index in [0.717, 1.165) is 63.9 Å². The maximum atomic E-state index is 12.3. The van der Waals surface area contributed by atoms with Gasteiger partial charge in [0.05, 0.1) is 0 Å². The third-order valence-corrected chi connectivity index (χ3v) is 4.82. The highest BCUT2D eigenvalue weighted by molar-refractivity contribution is 5.76. The van der Waals surface area contributed by atoms with Crippen LogP contribution < -0.4 is 14.8 Å². The van der Waals surface area contributed by atoms with Gasteiger partial charge in [-0.3, -0.25) is 9.69 Å². The topological polar surface area (TPSA) is 57.3 Å². The Kier molecular flexibility index (Phi) is 6.71. The van der Waals surface area contributed by atoms with Gasteiger partial charge in [-0.05, 0) is 31.8 Å². The van der Waals surface area contributed by atoms with Crippen LogP contribution in [0.25, 0.3) is 0 Å². The molecule has 0 aliphatic carbocycles. The molecule has 2 heterocycles. The first-order valence-electron chi connectivity index (χ1n) is 9.36. The molecule has 2 aliphatic rings. The van der Waals surface area contributed by atoms with Crippen molar-refractivity contribution in [1.82, 2.24) is 20.0 Å². The maximum Gasteiger partial charge on any atom is 0.231 e. The van der Waals surface area contributed by atoms with Gasteiger partial charge in [0, 0.05) is 58.8 Å². The van der Waals surface area contributed by atoms with E-state index >= 15 is 0 Å². The van der Waals surface area contributed by atoms with Crippen molar-refractivity contribution >= 4 is 5.91 Å². The zero-order valence-electron chi connectivity index (χ0n) is 15.9. The van der Waals surface area contributed by atoms with Crippen LogP contribution in [-0.4, -0.2) is 87.3 Å². The summed E-state index contributed by atoms with van der Waals surface area (Å²) >= 11 is 0. The van der Waals surface area contributed by atoms with Crippen LogP contribution in [-0.2, 0) is 11.3 Å². The van der Waals surface area contributed by atoms with E-state index in [1.165, 1.54) is 5.56 Å². The molecule has 1 aromatic carbocycles. The number of amides is 1. The summed E-state index contributed by atoms with van der Waals surface area (Å²) in [5, 5.41) is 3.33. The Morgan fingerprint density at radius 3 is 2.65 bits per heavy atom. The van der Waals surface area contributed by atoms with Crippen LogP contribution in [0.15, 0.2) is 18.2 Å². The van der Waals surface area contributed by atoms with Crippen molar-refractivity contribution in [2.24, 2.45) is 0 Å².